The van der Waals surface area contributed by atoms with Crippen molar-refractivity contribution in [2.75, 3.05) is 0 Å². The molecule has 10 aromatic rings. The van der Waals surface area contributed by atoms with Crippen LogP contribution in [0.5, 0.6) is 0 Å². The highest BCUT2D eigenvalue weighted by Crippen LogP contribution is 2.44. The number of benzene rings is 8. The molecule has 0 unspecified atom stereocenters. The van der Waals surface area contributed by atoms with Crippen LogP contribution in [0, 0.1) is 0 Å². The van der Waals surface area contributed by atoms with Gasteiger partial charge in [0.05, 0.1) is 0 Å². The fourth-order valence-corrected chi connectivity index (χ4v) is 7.21. The zero-order valence-electron chi connectivity index (χ0n) is 27.5. The van der Waals surface area contributed by atoms with Gasteiger partial charge in [0.2, 0.25) is 0 Å². The SMILES string of the molecule is c1ccc(-c2ccc3cc(-c4nc(-c5ccccc5)nc(-c5ccc(-c6ccccc6)c6oc7ccc8ccccc8c7c56)n4)ccc3c2)cc1. The molecule has 0 N–H and O–H groups in total. The second kappa shape index (κ2) is 11.9. The van der Waals surface area contributed by atoms with Gasteiger partial charge in [0.1, 0.15) is 11.2 Å². The lowest BCUT2D eigenvalue weighted by atomic mass is 9.96. The molecule has 0 saturated carbocycles. The van der Waals surface area contributed by atoms with Crippen molar-refractivity contribution in [1.82, 2.24) is 15.0 Å². The molecule has 4 nitrogen and oxygen atoms in total. The van der Waals surface area contributed by atoms with Crippen molar-refractivity contribution < 1.29 is 4.42 Å². The Hall–Kier alpha value is -6.91. The zero-order chi connectivity index (χ0) is 33.7. The van der Waals surface area contributed by atoms with Crippen LogP contribution < -0.4 is 0 Å². The smallest absolute Gasteiger partial charge is 0.164 e. The van der Waals surface area contributed by atoms with Gasteiger partial charge in [-0.1, -0.05) is 146 Å². The van der Waals surface area contributed by atoms with Crippen molar-refractivity contribution in [3.63, 3.8) is 0 Å². The Balaban J connectivity index is 1.22. The van der Waals surface area contributed by atoms with Gasteiger partial charge in [-0.25, -0.2) is 15.0 Å². The van der Waals surface area contributed by atoms with Gasteiger partial charge in [0.15, 0.2) is 17.5 Å². The van der Waals surface area contributed by atoms with Crippen LogP contribution in [0.2, 0.25) is 0 Å². The third kappa shape index (κ3) is 5.04. The molecule has 0 fully saturated rings. The number of rotatable bonds is 5. The Morgan fingerprint density at radius 2 is 0.882 bits per heavy atom. The molecule has 8 aromatic carbocycles. The van der Waals surface area contributed by atoms with E-state index in [0.717, 1.165) is 71.3 Å². The number of aromatic nitrogens is 3. The summed E-state index contributed by atoms with van der Waals surface area (Å²) in [5, 5.41) is 6.61. The Morgan fingerprint density at radius 1 is 0.333 bits per heavy atom. The second-order valence-electron chi connectivity index (χ2n) is 12.8. The molecule has 2 heterocycles. The van der Waals surface area contributed by atoms with E-state index in [1.165, 1.54) is 11.1 Å². The lowest BCUT2D eigenvalue weighted by Crippen LogP contribution is -2.00. The Labute approximate surface area is 294 Å². The van der Waals surface area contributed by atoms with Crippen LogP contribution in [0.1, 0.15) is 0 Å². The summed E-state index contributed by atoms with van der Waals surface area (Å²) in [5.74, 6) is 1.83. The van der Waals surface area contributed by atoms with E-state index >= 15 is 0 Å². The minimum absolute atomic E-state index is 0.596. The average molecular weight is 652 g/mol. The van der Waals surface area contributed by atoms with Crippen molar-refractivity contribution in [1.29, 1.82) is 0 Å². The zero-order valence-corrected chi connectivity index (χ0v) is 27.5. The first kappa shape index (κ1) is 29.0. The standard InChI is InChI=1S/C47H29N3O/c1-4-12-30(13-5-1)34-20-21-36-29-37(23-22-35(36)28-34)46-48-45(33-17-8-3-9-18-33)49-47(50-46)40-26-25-39(31-14-6-2-7-15-31)44-43(40)42-38-19-11-10-16-32(38)24-27-41(42)51-44/h1-29H. The van der Waals surface area contributed by atoms with Crippen LogP contribution in [0.3, 0.4) is 0 Å². The van der Waals surface area contributed by atoms with Crippen LogP contribution in [-0.4, -0.2) is 15.0 Å². The molecule has 0 aliphatic rings. The van der Waals surface area contributed by atoms with Crippen molar-refractivity contribution in [2.45, 2.75) is 0 Å². The van der Waals surface area contributed by atoms with Crippen molar-refractivity contribution >= 4 is 43.5 Å². The quantitative estimate of drug-likeness (QED) is 0.186. The monoisotopic (exact) mass is 651 g/mol. The number of hydrogen-bond acceptors (Lipinski definition) is 4. The number of nitrogens with zero attached hydrogens (tertiary/aromatic N) is 3. The highest BCUT2D eigenvalue weighted by molar-refractivity contribution is 6.24. The molecule has 0 aliphatic carbocycles. The van der Waals surface area contributed by atoms with Crippen molar-refractivity contribution in [2.24, 2.45) is 0 Å². The van der Waals surface area contributed by atoms with E-state index in [9.17, 15) is 0 Å². The average Bonchev–Trinajstić information content (AvgIpc) is 3.61. The van der Waals surface area contributed by atoms with E-state index in [4.69, 9.17) is 19.4 Å². The molecule has 0 amide bonds. The molecule has 238 valence electrons. The van der Waals surface area contributed by atoms with E-state index in [-0.39, 0.29) is 0 Å². The van der Waals surface area contributed by atoms with E-state index in [1.54, 1.807) is 0 Å². The lowest BCUT2D eigenvalue weighted by Gasteiger charge is -2.12. The van der Waals surface area contributed by atoms with Crippen LogP contribution in [0.4, 0.5) is 0 Å². The Kier molecular flexibility index (Phi) is 6.78. The van der Waals surface area contributed by atoms with Gasteiger partial charge < -0.3 is 4.42 Å². The summed E-state index contributed by atoms with van der Waals surface area (Å²) < 4.78 is 6.76. The van der Waals surface area contributed by atoms with Gasteiger partial charge in [-0.05, 0) is 68.6 Å². The van der Waals surface area contributed by atoms with Crippen molar-refractivity contribution in [3.8, 4) is 56.4 Å². The highest BCUT2D eigenvalue weighted by atomic mass is 16.3. The minimum atomic E-state index is 0.596. The molecular weight excluding hydrogens is 623 g/mol. The van der Waals surface area contributed by atoms with Gasteiger partial charge in [0, 0.05) is 33.0 Å². The van der Waals surface area contributed by atoms with E-state index in [2.05, 4.69) is 133 Å². The van der Waals surface area contributed by atoms with Gasteiger partial charge in [0.25, 0.3) is 0 Å². The Morgan fingerprint density at radius 3 is 1.63 bits per heavy atom. The number of hydrogen-bond donors (Lipinski definition) is 0. The van der Waals surface area contributed by atoms with Crippen molar-refractivity contribution in [3.05, 3.63) is 176 Å². The van der Waals surface area contributed by atoms with E-state index in [0.29, 0.717) is 17.5 Å². The minimum Gasteiger partial charge on any atom is -0.455 e. The molecule has 10 rings (SSSR count). The molecule has 0 atom stereocenters. The van der Waals surface area contributed by atoms with Crippen LogP contribution in [0.25, 0.3) is 99.9 Å². The van der Waals surface area contributed by atoms with Gasteiger partial charge in [-0.15, -0.1) is 0 Å². The third-order valence-corrected chi connectivity index (χ3v) is 9.71. The number of fused-ring (bicyclic) bond motifs is 6. The maximum atomic E-state index is 6.76. The first-order valence-corrected chi connectivity index (χ1v) is 17.1. The normalized spacial score (nSPS) is 11.5. The fraction of sp³-hybridized carbons (Fsp3) is 0. The Bertz CT molecular complexity index is 2900. The second-order valence-corrected chi connectivity index (χ2v) is 12.8. The van der Waals surface area contributed by atoms with Gasteiger partial charge in [-0.3, -0.25) is 0 Å². The van der Waals surface area contributed by atoms with Gasteiger partial charge >= 0.3 is 0 Å². The fourth-order valence-electron chi connectivity index (χ4n) is 7.21. The third-order valence-electron chi connectivity index (χ3n) is 9.71. The first-order chi connectivity index (χ1) is 25.3. The largest absolute Gasteiger partial charge is 0.455 e. The van der Waals surface area contributed by atoms with E-state index in [1.807, 2.05) is 42.5 Å². The summed E-state index contributed by atoms with van der Waals surface area (Å²) >= 11 is 0. The molecule has 0 spiro atoms. The number of furan rings is 1. The summed E-state index contributed by atoms with van der Waals surface area (Å²) in [4.78, 5) is 15.5. The van der Waals surface area contributed by atoms with Crippen LogP contribution in [0.15, 0.2) is 180 Å². The molecule has 0 radical (unpaired) electrons. The molecular formula is C47H29N3O. The molecule has 51 heavy (non-hydrogen) atoms. The molecule has 4 heteroatoms. The first-order valence-electron chi connectivity index (χ1n) is 17.1. The highest BCUT2D eigenvalue weighted by Gasteiger charge is 2.22. The maximum absolute atomic E-state index is 6.76. The van der Waals surface area contributed by atoms with Gasteiger partial charge in [-0.2, -0.15) is 0 Å². The maximum Gasteiger partial charge on any atom is 0.164 e. The summed E-state index contributed by atoms with van der Waals surface area (Å²) in [6.07, 6.45) is 0. The summed E-state index contributed by atoms with van der Waals surface area (Å²) in [6.45, 7) is 0. The van der Waals surface area contributed by atoms with E-state index < -0.39 is 0 Å². The predicted octanol–water partition coefficient (Wildman–Crippen LogP) is 12.4. The molecule has 2 aromatic heterocycles. The van der Waals surface area contributed by atoms with Crippen LogP contribution >= 0.6 is 0 Å². The van der Waals surface area contributed by atoms with Crippen LogP contribution in [-0.2, 0) is 0 Å². The lowest BCUT2D eigenvalue weighted by molar-refractivity contribution is 0.670. The summed E-state index contributed by atoms with van der Waals surface area (Å²) in [7, 11) is 0. The molecule has 0 saturated heterocycles. The predicted molar refractivity (Wildman–Crippen MR) is 209 cm³/mol. The molecule has 0 bridgehead atoms. The molecule has 0 aliphatic heterocycles. The topological polar surface area (TPSA) is 51.8 Å². The summed E-state index contributed by atoms with van der Waals surface area (Å²) in [5.41, 5.74) is 8.89. The summed E-state index contributed by atoms with van der Waals surface area (Å²) in [6, 6.07) is 61.0.